The molecule has 10 heavy (non-hydrogen) atoms. The third-order valence-electron chi connectivity index (χ3n) is 1.03. The summed E-state index contributed by atoms with van der Waals surface area (Å²) in [5.41, 5.74) is 0.525. The SMILES string of the molecule is F/C(=C\I)c1cccnc1. The minimum Gasteiger partial charge on any atom is -0.264 e. The molecule has 0 aliphatic rings. The van der Waals surface area contributed by atoms with Crippen LogP contribution in [0.5, 0.6) is 0 Å². The lowest BCUT2D eigenvalue weighted by atomic mass is 10.3. The average molecular weight is 249 g/mol. The van der Waals surface area contributed by atoms with Gasteiger partial charge < -0.3 is 0 Å². The first kappa shape index (κ1) is 7.65. The van der Waals surface area contributed by atoms with Crippen LogP contribution in [0.3, 0.4) is 0 Å². The van der Waals surface area contributed by atoms with Crippen LogP contribution in [0.1, 0.15) is 5.56 Å². The van der Waals surface area contributed by atoms with Crippen molar-refractivity contribution in [3.05, 3.63) is 34.2 Å². The van der Waals surface area contributed by atoms with E-state index in [0.717, 1.165) is 0 Å². The monoisotopic (exact) mass is 249 g/mol. The molecule has 0 amide bonds. The van der Waals surface area contributed by atoms with Gasteiger partial charge in [0.25, 0.3) is 0 Å². The van der Waals surface area contributed by atoms with E-state index in [2.05, 4.69) is 4.98 Å². The van der Waals surface area contributed by atoms with E-state index in [1.54, 1.807) is 18.3 Å². The van der Waals surface area contributed by atoms with Gasteiger partial charge in [-0.1, -0.05) is 0 Å². The number of aromatic nitrogens is 1. The second kappa shape index (κ2) is 3.65. The third-order valence-corrected chi connectivity index (χ3v) is 1.58. The Balaban J connectivity index is 2.96. The van der Waals surface area contributed by atoms with Crippen LogP contribution in [0.25, 0.3) is 5.83 Å². The Kier molecular flexibility index (Phi) is 2.80. The maximum absolute atomic E-state index is 12.7. The summed E-state index contributed by atoms with van der Waals surface area (Å²) in [6.45, 7) is 0. The van der Waals surface area contributed by atoms with E-state index in [1.165, 1.54) is 10.3 Å². The maximum Gasteiger partial charge on any atom is 0.138 e. The zero-order chi connectivity index (χ0) is 7.40. The molecule has 1 aromatic rings. The van der Waals surface area contributed by atoms with Crippen LogP contribution in [0.2, 0.25) is 0 Å². The van der Waals surface area contributed by atoms with Crippen LogP contribution in [0.15, 0.2) is 28.6 Å². The fourth-order valence-electron chi connectivity index (χ4n) is 0.567. The third kappa shape index (κ3) is 1.76. The van der Waals surface area contributed by atoms with Crippen LogP contribution in [-0.2, 0) is 0 Å². The Morgan fingerprint density at radius 1 is 1.70 bits per heavy atom. The molecule has 0 N–H and O–H groups in total. The quantitative estimate of drug-likeness (QED) is 0.697. The van der Waals surface area contributed by atoms with Gasteiger partial charge in [-0.15, -0.1) is 0 Å². The Labute approximate surface area is 72.1 Å². The second-order valence-electron chi connectivity index (χ2n) is 1.70. The van der Waals surface area contributed by atoms with Crippen molar-refractivity contribution in [2.75, 3.05) is 0 Å². The van der Waals surface area contributed by atoms with Crippen molar-refractivity contribution in [1.29, 1.82) is 0 Å². The lowest BCUT2D eigenvalue weighted by Gasteiger charge is -1.91. The van der Waals surface area contributed by atoms with Crippen LogP contribution < -0.4 is 0 Å². The van der Waals surface area contributed by atoms with Gasteiger partial charge in [0, 0.05) is 22.0 Å². The van der Waals surface area contributed by atoms with Crippen LogP contribution >= 0.6 is 22.6 Å². The molecule has 0 saturated heterocycles. The van der Waals surface area contributed by atoms with Crippen molar-refractivity contribution in [3.63, 3.8) is 0 Å². The number of rotatable bonds is 1. The molecule has 1 rings (SSSR count). The highest BCUT2D eigenvalue weighted by molar-refractivity contribution is 14.1. The van der Waals surface area contributed by atoms with Gasteiger partial charge in [0.2, 0.25) is 0 Å². The molecule has 0 aliphatic heterocycles. The molecule has 0 bridgehead atoms. The second-order valence-corrected chi connectivity index (χ2v) is 2.32. The molecule has 0 radical (unpaired) electrons. The van der Waals surface area contributed by atoms with E-state index >= 15 is 0 Å². The van der Waals surface area contributed by atoms with Crippen LogP contribution in [0, 0.1) is 0 Å². The smallest absolute Gasteiger partial charge is 0.138 e. The lowest BCUT2D eigenvalue weighted by molar-refractivity contribution is 0.761. The van der Waals surface area contributed by atoms with E-state index in [9.17, 15) is 4.39 Å². The van der Waals surface area contributed by atoms with Crippen molar-refractivity contribution >= 4 is 28.4 Å². The van der Waals surface area contributed by atoms with Crippen molar-refractivity contribution in [2.45, 2.75) is 0 Å². The molecular weight excluding hydrogens is 244 g/mol. The van der Waals surface area contributed by atoms with Crippen molar-refractivity contribution in [3.8, 4) is 0 Å². The predicted molar refractivity (Wildman–Crippen MR) is 47.3 cm³/mol. The molecule has 1 aromatic heterocycles. The molecule has 0 fully saturated rings. The Morgan fingerprint density at radius 3 is 3.00 bits per heavy atom. The molecule has 0 spiro atoms. The lowest BCUT2D eigenvalue weighted by Crippen LogP contribution is -1.76. The van der Waals surface area contributed by atoms with Gasteiger partial charge in [0.1, 0.15) is 5.83 Å². The Morgan fingerprint density at radius 2 is 2.50 bits per heavy atom. The fraction of sp³-hybridized carbons (Fsp3) is 0. The summed E-state index contributed by atoms with van der Waals surface area (Å²) in [5, 5.41) is 0. The molecule has 1 nitrogen and oxygen atoms in total. The van der Waals surface area contributed by atoms with E-state index < -0.39 is 0 Å². The molecule has 1 heterocycles. The predicted octanol–water partition coefficient (Wildman–Crippen LogP) is 2.78. The van der Waals surface area contributed by atoms with Gasteiger partial charge in [-0.05, 0) is 34.7 Å². The fourth-order valence-corrected chi connectivity index (χ4v) is 0.927. The summed E-state index contributed by atoms with van der Waals surface area (Å²) >= 11 is 1.85. The number of hydrogen-bond donors (Lipinski definition) is 0. The summed E-state index contributed by atoms with van der Waals surface area (Å²) in [6, 6.07) is 3.38. The minimum absolute atomic E-state index is 0.242. The molecule has 0 unspecified atom stereocenters. The van der Waals surface area contributed by atoms with Gasteiger partial charge in [-0.3, -0.25) is 4.98 Å². The Bertz CT molecular complexity index is 233. The first-order valence-electron chi connectivity index (χ1n) is 2.71. The molecule has 52 valence electrons. The standard InChI is InChI=1S/C7H5FIN/c8-7(4-9)6-2-1-3-10-5-6/h1-5H/b7-4-. The van der Waals surface area contributed by atoms with E-state index in [-0.39, 0.29) is 5.83 Å². The topological polar surface area (TPSA) is 12.9 Å². The van der Waals surface area contributed by atoms with E-state index in [0.29, 0.717) is 5.56 Å². The summed E-state index contributed by atoms with van der Waals surface area (Å²) in [5.74, 6) is -0.242. The minimum atomic E-state index is -0.242. The largest absolute Gasteiger partial charge is 0.264 e. The summed E-state index contributed by atoms with van der Waals surface area (Å²) in [4.78, 5) is 3.77. The molecule has 0 aromatic carbocycles. The van der Waals surface area contributed by atoms with Crippen molar-refractivity contribution < 1.29 is 4.39 Å². The number of pyridine rings is 1. The van der Waals surface area contributed by atoms with Crippen molar-refractivity contribution in [1.82, 2.24) is 4.98 Å². The highest BCUT2D eigenvalue weighted by Gasteiger charge is 1.95. The first-order valence-corrected chi connectivity index (χ1v) is 3.95. The summed E-state index contributed by atoms with van der Waals surface area (Å²) < 4.78 is 14.1. The molecular formula is C7H5FIN. The molecule has 0 aliphatic carbocycles. The number of hydrogen-bond acceptors (Lipinski definition) is 1. The normalized spacial score (nSPS) is 11.6. The average Bonchev–Trinajstić information content (AvgIpc) is 2.05. The summed E-state index contributed by atoms with van der Waals surface area (Å²) in [7, 11) is 0. The highest BCUT2D eigenvalue weighted by atomic mass is 127. The molecule has 0 atom stereocenters. The van der Waals surface area contributed by atoms with Crippen LogP contribution in [0.4, 0.5) is 4.39 Å². The Hall–Kier alpha value is -0.450. The van der Waals surface area contributed by atoms with Gasteiger partial charge in [-0.2, -0.15) is 0 Å². The number of nitrogens with zero attached hydrogens (tertiary/aromatic N) is 1. The maximum atomic E-state index is 12.7. The molecule has 3 heteroatoms. The first-order chi connectivity index (χ1) is 4.84. The summed E-state index contributed by atoms with van der Waals surface area (Å²) in [6.07, 6.45) is 3.11. The van der Waals surface area contributed by atoms with Gasteiger partial charge in [0.05, 0.1) is 0 Å². The van der Waals surface area contributed by atoms with Gasteiger partial charge >= 0.3 is 0 Å². The zero-order valence-corrected chi connectivity index (χ0v) is 7.25. The van der Waals surface area contributed by atoms with E-state index in [1.807, 2.05) is 22.6 Å². The molecule has 0 saturated carbocycles. The van der Waals surface area contributed by atoms with E-state index in [4.69, 9.17) is 0 Å². The van der Waals surface area contributed by atoms with Crippen LogP contribution in [-0.4, -0.2) is 4.98 Å². The zero-order valence-electron chi connectivity index (χ0n) is 5.09. The van der Waals surface area contributed by atoms with Crippen molar-refractivity contribution in [2.24, 2.45) is 0 Å². The highest BCUT2D eigenvalue weighted by Crippen LogP contribution is 2.15. The number of halogens is 2. The van der Waals surface area contributed by atoms with Gasteiger partial charge in [0.15, 0.2) is 0 Å². The van der Waals surface area contributed by atoms with Gasteiger partial charge in [-0.25, -0.2) is 4.39 Å².